The average Bonchev–Trinajstić information content (AvgIpc) is 2.41. The van der Waals surface area contributed by atoms with E-state index in [1.165, 1.54) is 24.8 Å². The van der Waals surface area contributed by atoms with E-state index in [0.717, 1.165) is 19.3 Å². The van der Waals surface area contributed by atoms with Crippen LogP contribution < -0.4 is 5.32 Å². The number of rotatable bonds is 4. The Kier molecular flexibility index (Phi) is 4.38. The number of benzene rings is 1. The zero-order valence-corrected chi connectivity index (χ0v) is 11.2. The molecule has 1 aromatic carbocycles. The first-order valence-corrected chi connectivity index (χ1v) is 6.97. The zero-order valence-electron chi connectivity index (χ0n) is 11.2. The third-order valence-corrected chi connectivity index (χ3v) is 3.83. The van der Waals surface area contributed by atoms with Crippen molar-refractivity contribution < 1.29 is 0 Å². The van der Waals surface area contributed by atoms with Crippen LogP contribution >= 0.6 is 0 Å². The Labute approximate surface area is 110 Å². The predicted molar refractivity (Wildman–Crippen MR) is 74.2 cm³/mol. The third kappa shape index (κ3) is 3.34. The Morgan fingerprint density at radius 1 is 1.22 bits per heavy atom. The Morgan fingerprint density at radius 3 is 2.50 bits per heavy atom. The van der Waals surface area contributed by atoms with Gasteiger partial charge < -0.3 is 0 Å². The summed E-state index contributed by atoms with van der Waals surface area (Å²) in [6, 6.07) is 13.4. The highest BCUT2D eigenvalue weighted by Gasteiger charge is 2.32. The fourth-order valence-corrected chi connectivity index (χ4v) is 2.93. The summed E-state index contributed by atoms with van der Waals surface area (Å²) in [6.07, 6.45) is 6.63. The van der Waals surface area contributed by atoms with Crippen molar-refractivity contribution in [3.05, 3.63) is 35.9 Å². The molecule has 0 aliphatic heterocycles. The zero-order chi connectivity index (χ0) is 12.8. The molecule has 18 heavy (non-hydrogen) atoms. The fourth-order valence-electron chi connectivity index (χ4n) is 2.93. The minimum Gasteiger partial charge on any atom is -0.297 e. The molecule has 1 atom stereocenters. The topological polar surface area (TPSA) is 35.8 Å². The van der Waals surface area contributed by atoms with Crippen LogP contribution in [0.1, 0.15) is 44.6 Å². The van der Waals surface area contributed by atoms with Crippen LogP contribution in [0.4, 0.5) is 0 Å². The summed E-state index contributed by atoms with van der Waals surface area (Å²) in [5, 5.41) is 13.0. The van der Waals surface area contributed by atoms with Crippen LogP contribution in [0.5, 0.6) is 0 Å². The maximum Gasteiger partial charge on any atom is 0.106 e. The van der Waals surface area contributed by atoms with Gasteiger partial charge in [-0.15, -0.1) is 0 Å². The van der Waals surface area contributed by atoms with Gasteiger partial charge in [-0.05, 0) is 31.7 Å². The molecule has 1 aliphatic carbocycles. The minimum atomic E-state index is -0.271. The molecule has 1 aliphatic rings. The maximum absolute atomic E-state index is 9.44. The molecule has 1 N–H and O–H groups in total. The minimum absolute atomic E-state index is 0.271. The lowest BCUT2D eigenvalue weighted by atomic mass is 9.82. The summed E-state index contributed by atoms with van der Waals surface area (Å²) < 4.78 is 0. The van der Waals surface area contributed by atoms with Crippen LogP contribution in [-0.4, -0.2) is 11.6 Å². The normalized spacial score (nSPS) is 20.0. The molecule has 0 amide bonds. The van der Waals surface area contributed by atoms with E-state index in [9.17, 15) is 5.26 Å². The molecule has 0 saturated heterocycles. The lowest BCUT2D eigenvalue weighted by Crippen LogP contribution is -2.50. The van der Waals surface area contributed by atoms with Gasteiger partial charge in [-0.2, -0.15) is 5.26 Å². The standard InChI is InChI=1S/C16H22N2/c1-14(12-15-8-4-2-5-9-15)18-16(13-17)10-6-3-7-11-16/h2,4-5,8-9,14,18H,3,6-7,10-12H2,1H3. The average molecular weight is 242 g/mol. The van der Waals surface area contributed by atoms with Gasteiger partial charge in [-0.3, -0.25) is 5.32 Å². The molecule has 0 radical (unpaired) electrons. The number of nitrogens with one attached hydrogen (secondary N) is 1. The molecule has 1 saturated carbocycles. The van der Waals surface area contributed by atoms with Gasteiger partial charge in [0.15, 0.2) is 0 Å². The SMILES string of the molecule is CC(Cc1ccccc1)NC1(C#N)CCCCC1. The van der Waals surface area contributed by atoms with E-state index >= 15 is 0 Å². The predicted octanol–water partition coefficient (Wildman–Crippen LogP) is 3.43. The molecular formula is C16H22N2. The summed E-state index contributed by atoms with van der Waals surface area (Å²) >= 11 is 0. The Hall–Kier alpha value is -1.33. The highest BCUT2D eigenvalue weighted by atomic mass is 15.0. The van der Waals surface area contributed by atoms with Crippen molar-refractivity contribution in [2.75, 3.05) is 0 Å². The van der Waals surface area contributed by atoms with Crippen molar-refractivity contribution in [2.24, 2.45) is 0 Å². The summed E-state index contributed by atoms with van der Waals surface area (Å²) in [4.78, 5) is 0. The molecule has 96 valence electrons. The van der Waals surface area contributed by atoms with Crippen LogP contribution in [0.25, 0.3) is 0 Å². The maximum atomic E-state index is 9.44. The molecule has 2 nitrogen and oxygen atoms in total. The number of nitriles is 1. The summed E-state index contributed by atoms with van der Waals surface area (Å²) in [6.45, 7) is 2.18. The molecule has 1 aromatic rings. The quantitative estimate of drug-likeness (QED) is 0.878. The van der Waals surface area contributed by atoms with Gasteiger partial charge >= 0.3 is 0 Å². The largest absolute Gasteiger partial charge is 0.297 e. The first-order valence-electron chi connectivity index (χ1n) is 6.97. The smallest absolute Gasteiger partial charge is 0.106 e. The van der Waals surface area contributed by atoms with Gasteiger partial charge in [-0.1, -0.05) is 49.6 Å². The summed E-state index contributed by atoms with van der Waals surface area (Å²) in [5.74, 6) is 0. The van der Waals surface area contributed by atoms with Crippen LogP contribution in [0.2, 0.25) is 0 Å². The van der Waals surface area contributed by atoms with Gasteiger partial charge in [0.25, 0.3) is 0 Å². The fraction of sp³-hybridized carbons (Fsp3) is 0.562. The van der Waals surface area contributed by atoms with E-state index in [4.69, 9.17) is 0 Å². The molecular weight excluding hydrogens is 220 g/mol. The van der Waals surface area contributed by atoms with Crippen molar-refractivity contribution >= 4 is 0 Å². The monoisotopic (exact) mass is 242 g/mol. The highest BCUT2D eigenvalue weighted by Crippen LogP contribution is 2.28. The highest BCUT2D eigenvalue weighted by molar-refractivity contribution is 5.17. The molecule has 0 bridgehead atoms. The van der Waals surface area contributed by atoms with E-state index < -0.39 is 0 Å². The summed E-state index contributed by atoms with van der Waals surface area (Å²) in [5.41, 5.74) is 1.06. The lowest BCUT2D eigenvalue weighted by Gasteiger charge is -2.34. The van der Waals surface area contributed by atoms with Crippen molar-refractivity contribution in [1.82, 2.24) is 5.32 Å². The first kappa shape index (κ1) is 13.1. The van der Waals surface area contributed by atoms with Crippen LogP contribution in [0, 0.1) is 11.3 Å². The van der Waals surface area contributed by atoms with Crippen molar-refractivity contribution in [3.8, 4) is 6.07 Å². The molecule has 1 fully saturated rings. The van der Waals surface area contributed by atoms with Gasteiger partial charge in [-0.25, -0.2) is 0 Å². The lowest BCUT2D eigenvalue weighted by molar-refractivity contribution is 0.272. The number of nitrogens with zero attached hydrogens (tertiary/aromatic N) is 1. The van der Waals surface area contributed by atoms with Crippen LogP contribution in [0.15, 0.2) is 30.3 Å². The molecule has 1 unspecified atom stereocenters. The second-order valence-electron chi connectivity index (χ2n) is 5.49. The van der Waals surface area contributed by atoms with Crippen molar-refractivity contribution in [1.29, 1.82) is 5.26 Å². The third-order valence-electron chi connectivity index (χ3n) is 3.83. The van der Waals surface area contributed by atoms with E-state index in [1.54, 1.807) is 0 Å². The van der Waals surface area contributed by atoms with Crippen molar-refractivity contribution in [3.63, 3.8) is 0 Å². The van der Waals surface area contributed by atoms with E-state index in [0.29, 0.717) is 6.04 Å². The Bertz CT molecular complexity index is 399. The van der Waals surface area contributed by atoms with Crippen LogP contribution in [-0.2, 0) is 6.42 Å². The van der Waals surface area contributed by atoms with Crippen molar-refractivity contribution in [2.45, 2.75) is 57.0 Å². The number of hydrogen-bond acceptors (Lipinski definition) is 2. The Morgan fingerprint density at radius 2 is 1.89 bits per heavy atom. The van der Waals surface area contributed by atoms with Gasteiger partial charge in [0.2, 0.25) is 0 Å². The molecule has 0 aromatic heterocycles. The second-order valence-corrected chi connectivity index (χ2v) is 5.49. The van der Waals surface area contributed by atoms with E-state index in [-0.39, 0.29) is 5.54 Å². The second kappa shape index (κ2) is 6.02. The molecule has 0 heterocycles. The molecule has 2 heteroatoms. The van der Waals surface area contributed by atoms with Gasteiger partial charge in [0.1, 0.15) is 5.54 Å². The van der Waals surface area contributed by atoms with E-state index in [1.807, 2.05) is 6.07 Å². The van der Waals surface area contributed by atoms with E-state index in [2.05, 4.69) is 42.6 Å². The summed E-state index contributed by atoms with van der Waals surface area (Å²) in [7, 11) is 0. The van der Waals surface area contributed by atoms with Gasteiger partial charge in [0, 0.05) is 6.04 Å². The molecule has 2 rings (SSSR count). The van der Waals surface area contributed by atoms with Crippen LogP contribution in [0.3, 0.4) is 0 Å². The Balaban J connectivity index is 1.94. The molecule has 0 spiro atoms. The van der Waals surface area contributed by atoms with Gasteiger partial charge in [0.05, 0.1) is 6.07 Å². The first-order chi connectivity index (χ1) is 8.74. The number of hydrogen-bond donors (Lipinski definition) is 1.